The van der Waals surface area contributed by atoms with Gasteiger partial charge in [0.05, 0.1) is 19.1 Å². The summed E-state index contributed by atoms with van der Waals surface area (Å²) in [4.78, 5) is 24.1. The van der Waals surface area contributed by atoms with E-state index in [4.69, 9.17) is 5.26 Å². The van der Waals surface area contributed by atoms with Gasteiger partial charge in [0.1, 0.15) is 11.8 Å². The monoisotopic (exact) mass is 242 g/mol. The molecular weight excluding hydrogens is 234 g/mol. The lowest BCUT2D eigenvalue weighted by Crippen LogP contribution is -2.18. The van der Waals surface area contributed by atoms with Gasteiger partial charge >= 0.3 is 5.97 Å². The predicted molar refractivity (Wildman–Crippen MR) is 52.5 cm³/mol. The number of hydrogen-bond donors (Lipinski definition) is 1. The van der Waals surface area contributed by atoms with Crippen molar-refractivity contribution in [2.45, 2.75) is 12.8 Å². The molecule has 0 aliphatic rings. The molecule has 0 amide bonds. The molecule has 90 valence electrons. The third kappa shape index (κ3) is 2.87. The number of ether oxygens (including phenoxy) is 1. The molecule has 0 bridgehead atoms. The Hall–Kier alpha value is -2.23. The van der Waals surface area contributed by atoms with Crippen molar-refractivity contribution in [3.05, 3.63) is 33.2 Å². The molecule has 1 N–H and O–H groups in total. The molecule has 0 unspecified atom stereocenters. The molecule has 0 fully saturated rings. The fourth-order valence-electron chi connectivity index (χ4n) is 1.22. The summed E-state index contributed by atoms with van der Waals surface area (Å²) in [7, 11) is 1.13. The summed E-state index contributed by atoms with van der Waals surface area (Å²) in [5.41, 5.74) is -2.02. The van der Waals surface area contributed by atoms with Crippen LogP contribution in [0.4, 0.5) is 8.78 Å². The number of hydrogen-bond acceptors (Lipinski definition) is 4. The van der Waals surface area contributed by atoms with Crippen LogP contribution in [0.3, 0.4) is 0 Å². The number of methoxy groups -OCH3 is 1. The van der Waals surface area contributed by atoms with Crippen molar-refractivity contribution >= 4 is 5.97 Å². The highest BCUT2D eigenvalue weighted by atomic mass is 19.3. The quantitative estimate of drug-likeness (QED) is 0.798. The number of aromatic amines is 1. The Morgan fingerprint density at radius 2 is 2.29 bits per heavy atom. The van der Waals surface area contributed by atoms with Crippen LogP contribution in [-0.4, -0.2) is 18.1 Å². The van der Waals surface area contributed by atoms with Crippen LogP contribution < -0.4 is 5.56 Å². The van der Waals surface area contributed by atoms with Gasteiger partial charge in [-0.2, -0.15) is 5.26 Å². The zero-order valence-corrected chi connectivity index (χ0v) is 8.79. The van der Waals surface area contributed by atoms with Crippen LogP contribution in [0.25, 0.3) is 0 Å². The zero-order valence-electron chi connectivity index (χ0n) is 8.79. The number of nitrogens with one attached hydrogen (secondary N) is 1. The van der Waals surface area contributed by atoms with Crippen LogP contribution >= 0.6 is 0 Å². The molecule has 1 rings (SSSR count). The van der Waals surface area contributed by atoms with E-state index in [1.807, 2.05) is 4.98 Å². The van der Waals surface area contributed by atoms with Gasteiger partial charge in [0.25, 0.3) is 12.0 Å². The number of rotatable bonds is 3. The first-order valence-electron chi connectivity index (χ1n) is 4.50. The summed E-state index contributed by atoms with van der Waals surface area (Å²) in [5, 5.41) is 8.70. The molecule has 0 atom stereocenters. The van der Waals surface area contributed by atoms with E-state index in [1.165, 1.54) is 0 Å². The van der Waals surface area contributed by atoms with Crippen LogP contribution in [-0.2, 0) is 16.0 Å². The van der Waals surface area contributed by atoms with Crippen LogP contribution in [0, 0.1) is 11.3 Å². The summed E-state index contributed by atoms with van der Waals surface area (Å²) in [6, 6.07) is 2.47. The van der Waals surface area contributed by atoms with Crippen LogP contribution in [0.15, 0.2) is 10.9 Å². The Kier molecular flexibility index (Phi) is 3.93. The van der Waals surface area contributed by atoms with Gasteiger partial charge in [-0.1, -0.05) is 0 Å². The number of carbonyl (C=O) groups is 1. The van der Waals surface area contributed by atoms with Crippen molar-refractivity contribution in [2.24, 2.45) is 0 Å². The van der Waals surface area contributed by atoms with Crippen LogP contribution in [0.5, 0.6) is 0 Å². The SMILES string of the molecule is COC(=O)Cc1cc(C(F)F)c(=O)[nH]c1C#N. The van der Waals surface area contributed by atoms with Crippen molar-refractivity contribution in [3.8, 4) is 6.07 Å². The van der Waals surface area contributed by atoms with Crippen molar-refractivity contribution in [1.82, 2.24) is 4.98 Å². The highest BCUT2D eigenvalue weighted by molar-refractivity contribution is 5.73. The Balaban J connectivity index is 3.28. The van der Waals surface area contributed by atoms with E-state index >= 15 is 0 Å². The average Bonchev–Trinajstić information content (AvgIpc) is 2.30. The van der Waals surface area contributed by atoms with E-state index in [-0.39, 0.29) is 17.7 Å². The Morgan fingerprint density at radius 1 is 1.65 bits per heavy atom. The van der Waals surface area contributed by atoms with Crippen molar-refractivity contribution in [2.75, 3.05) is 7.11 Å². The number of carbonyl (C=O) groups excluding carboxylic acids is 1. The molecule has 1 aromatic rings. The number of esters is 1. The molecular formula is C10H8F2N2O3. The van der Waals surface area contributed by atoms with Crippen molar-refractivity contribution in [3.63, 3.8) is 0 Å². The Bertz CT molecular complexity index is 531. The topological polar surface area (TPSA) is 83.0 Å². The third-order valence-electron chi connectivity index (χ3n) is 2.06. The number of halogens is 2. The third-order valence-corrected chi connectivity index (χ3v) is 2.06. The van der Waals surface area contributed by atoms with Gasteiger partial charge in [0.15, 0.2) is 0 Å². The number of pyridine rings is 1. The number of nitriles is 1. The number of nitrogens with zero attached hydrogens (tertiary/aromatic N) is 1. The molecule has 1 heterocycles. The van der Waals surface area contributed by atoms with Gasteiger partial charge in [-0.3, -0.25) is 9.59 Å². The largest absolute Gasteiger partial charge is 0.469 e. The van der Waals surface area contributed by atoms with Gasteiger partial charge in [-0.05, 0) is 11.6 Å². The first-order valence-corrected chi connectivity index (χ1v) is 4.50. The van der Waals surface area contributed by atoms with Gasteiger partial charge in [0, 0.05) is 0 Å². The highest BCUT2D eigenvalue weighted by Gasteiger charge is 2.17. The molecule has 0 spiro atoms. The summed E-state index contributed by atoms with van der Waals surface area (Å²) in [6.07, 6.45) is -3.32. The van der Waals surface area contributed by atoms with E-state index in [0.29, 0.717) is 0 Å². The predicted octanol–water partition coefficient (Wildman–Crippen LogP) is 0.900. The van der Waals surface area contributed by atoms with Gasteiger partial charge in [-0.25, -0.2) is 8.78 Å². The zero-order chi connectivity index (χ0) is 13.0. The maximum atomic E-state index is 12.4. The summed E-state index contributed by atoms with van der Waals surface area (Å²) in [5.74, 6) is -0.686. The Labute approximate surface area is 94.6 Å². The lowest BCUT2D eigenvalue weighted by molar-refractivity contribution is -0.139. The average molecular weight is 242 g/mol. The molecule has 1 aromatic heterocycles. The molecule has 0 saturated heterocycles. The minimum Gasteiger partial charge on any atom is -0.469 e. The molecule has 0 aliphatic carbocycles. The number of H-pyrrole nitrogens is 1. The molecule has 0 aliphatic heterocycles. The second-order valence-corrected chi connectivity index (χ2v) is 3.12. The molecule has 0 saturated carbocycles. The molecule has 7 heteroatoms. The minimum absolute atomic E-state index is 0.00856. The normalized spacial score (nSPS) is 10.1. The van der Waals surface area contributed by atoms with Crippen LogP contribution in [0.1, 0.15) is 23.2 Å². The second-order valence-electron chi connectivity index (χ2n) is 3.12. The lowest BCUT2D eigenvalue weighted by atomic mass is 10.1. The maximum absolute atomic E-state index is 12.4. The molecule has 0 radical (unpaired) electrons. The minimum atomic E-state index is -2.97. The van der Waals surface area contributed by atoms with E-state index in [2.05, 4.69) is 4.74 Å². The van der Waals surface area contributed by atoms with Gasteiger partial charge < -0.3 is 9.72 Å². The molecule has 0 aromatic carbocycles. The van der Waals surface area contributed by atoms with Crippen LogP contribution in [0.2, 0.25) is 0 Å². The molecule has 17 heavy (non-hydrogen) atoms. The summed E-state index contributed by atoms with van der Waals surface area (Å²) < 4.78 is 29.2. The number of alkyl halides is 2. The summed E-state index contributed by atoms with van der Waals surface area (Å²) >= 11 is 0. The van der Waals surface area contributed by atoms with E-state index in [1.54, 1.807) is 6.07 Å². The standard InChI is InChI=1S/C10H8F2N2O3/c1-17-8(15)3-5-2-6(9(11)12)10(16)14-7(5)4-13/h2,9H,3H2,1H3,(H,14,16). The molecule has 5 nitrogen and oxygen atoms in total. The highest BCUT2D eigenvalue weighted by Crippen LogP contribution is 2.17. The van der Waals surface area contributed by atoms with E-state index in [9.17, 15) is 18.4 Å². The second kappa shape index (κ2) is 5.21. The lowest BCUT2D eigenvalue weighted by Gasteiger charge is -2.05. The maximum Gasteiger partial charge on any atom is 0.310 e. The first kappa shape index (κ1) is 12.8. The fourth-order valence-corrected chi connectivity index (χ4v) is 1.22. The van der Waals surface area contributed by atoms with E-state index < -0.39 is 23.5 Å². The van der Waals surface area contributed by atoms with Gasteiger partial charge in [0.2, 0.25) is 0 Å². The smallest absolute Gasteiger partial charge is 0.310 e. The van der Waals surface area contributed by atoms with E-state index in [0.717, 1.165) is 13.2 Å². The summed E-state index contributed by atoms with van der Waals surface area (Å²) in [6.45, 7) is 0. The van der Waals surface area contributed by atoms with Crippen molar-refractivity contribution < 1.29 is 18.3 Å². The number of aromatic nitrogens is 1. The van der Waals surface area contributed by atoms with Crippen molar-refractivity contribution in [1.29, 1.82) is 5.26 Å². The Morgan fingerprint density at radius 3 is 2.76 bits per heavy atom. The fraction of sp³-hybridized carbons (Fsp3) is 0.300. The first-order chi connectivity index (χ1) is 7.99. The van der Waals surface area contributed by atoms with Gasteiger partial charge in [-0.15, -0.1) is 0 Å².